The average molecular weight is 316 g/mol. The van der Waals surface area contributed by atoms with Gasteiger partial charge in [-0.3, -0.25) is 4.79 Å². The second kappa shape index (κ2) is 5.92. The van der Waals surface area contributed by atoms with Crippen molar-refractivity contribution >= 4 is 29.1 Å². The highest BCUT2D eigenvalue weighted by molar-refractivity contribution is 6.34. The zero-order valence-electron chi connectivity index (χ0n) is 12.0. The summed E-state index contributed by atoms with van der Waals surface area (Å²) in [4.78, 5) is 14.2. The van der Waals surface area contributed by atoms with Crippen molar-refractivity contribution in [1.82, 2.24) is 4.90 Å². The van der Waals surface area contributed by atoms with Gasteiger partial charge in [-0.2, -0.15) is 0 Å². The summed E-state index contributed by atoms with van der Waals surface area (Å²) in [5, 5.41) is 1.16. The lowest BCUT2D eigenvalue weighted by atomic mass is 9.94. The molecule has 0 aromatic heterocycles. The predicted octanol–water partition coefficient (Wildman–Crippen LogP) is 3.94. The molecule has 1 fully saturated rings. The van der Waals surface area contributed by atoms with Gasteiger partial charge in [0.05, 0.1) is 13.2 Å². The average Bonchev–Trinajstić information content (AvgIpc) is 2.36. The smallest absolute Gasteiger partial charge is 0.228 e. The lowest BCUT2D eigenvalue weighted by molar-refractivity contribution is -0.147. The minimum atomic E-state index is -0.381. The van der Waals surface area contributed by atoms with Gasteiger partial charge in [0.25, 0.3) is 0 Å². The molecule has 2 rings (SSSR count). The fourth-order valence-electron chi connectivity index (χ4n) is 2.27. The third-order valence-electron chi connectivity index (χ3n) is 3.25. The van der Waals surface area contributed by atoms with Crippen molar-refractivity contribution in [2.75, 3.05) is 19.7 Å². The van der Waals surface area contributed by atoms with Gasteiger partial charge >= 0.3 is 0 Å². The summed E-state index contributed by atoms with van der Waals surface area (Å²) in [6.45, 7) is 7.46. The summed E-state index contributed by atoms with van der Waals surface area (Å²) < 4.78 is 5.76. The topological polar surface area (TPSA) is 29.5 Å². The van der Waals surface area contributed by atoms with Crippen LogP contribution in [0.5, 0.6) is 0 Å². The zero-order chi connectivity index (χ0) is 14.9. The van der Waals surface area contributed by atoms with Crippen LogP contribution < -0.4 is 0 Å². The van der Waals surface area contributed by atoms with Crippen LogP contribution in [0.3, 0.4) is 0 Å². The maximum absolute atomic E-state index is 12.3. The summed E-state index contributed by atoms with van der Waals surface area (Å²) in [5.74, 6) is 0.138. The molecule has 1 atom stereocenters. The van der Waals surface area contributed by atoms with Crippen LogP contribution in [0.4, 0.5) is 0 Å². The normalized spacial score (nSPS) is 20.1. The molecule has 3 nitrogen and oxygen atoms in total. The molecule has 0 radical (unpaired) electrons. The molecular formula is C15H19Cl2NO2. The monoisotopic (exact) mass is 315 g/mol. The Hall–Kier alpha value is -0.770. The molecule has 0 saturated carbocycles. The highest BCUT2D eigenvalue weighted by Gasteiger charge is 2.32. The molecule has 110 valence electrons. The van der Waals surface area contributed by atoms with E-state index in [1.165, 1.54) is 0 Å². The second-order valence-electron chi connectivity index (χ2n) is 6.06. The Balaban J connectivity index is 2.16. The van der Waals surface area contributed by atoms with E-state index >= 15 is 0 Å². The van der Waals surface area contributed by atoms with E-state index in [1.54, 1.807) is 6.07 Å². The summed E-state index contributed by atoms with van der Waals surface area (Å²) in [6, 6.07) is 5.36. The van der Waals surface area contributed by atoms with Crippen molar-refractivity contribution in [2.24, 2.45) is 5.41 Å². The van der Waals surface area contributed by atoms with Crippen LogP contribution in [0.2, 0.25) is 10.0 Å². The highest BCUT2D eigenvalue weighted by atomic mass is 35.5. The molecule has 1 amide bonds. The fourth-order valence-corrected chi connectivity index (χ4v) is 2.81. The number of morpholine rings is 1. The summed E-state index contributed by atoms with van der Waals surface area (Å²) in [5.41, 5.74) is 0.530. The van der Waals surface area contributed by atoms with Crippen LogP contribution in [-0.4, -0.2) is 30.5 Å². The molecule has 0 N–H and O–H groups in total. The van der Waals surface area contributed by atoms with Crippen molar-refractivity contribution in [3.05, 3.63) is 33.8 Å². The van der Waals surface area contributed by atoms with E-state index in [-0.39, 0.29) is 17.4 Å². The number of rotatable bonds is 1. The first-order valence-electron chi connectivity index (χ1n) is 6.64. The summed E-state index contributed by atoms with van der Waals surface area (Å²) >= 11 is 12.0. The van der Waals surface area contributed by atoms with Gasteiger partial charge in [0, 0.05) is 22.0 Å². The van der Waals surface area contributed by atoms with Crippen molar-refractivity contribution in [1.29, 1.82) is 0 Å². The lowest BCUT2D eigenvalue weighted by Gasteiger charge is -2.36. The first kappa shape index (κ1) is 15.6. The molecule has 0 spiro atoms. The molecule has 1 saturated heterocycles. The van der Waals surface area contributed by atoms with Gasteiger partial charge in [0.1, 0.15) is 6.10 Å². The molecule has 0 bridgehead atoms. The van der Waals surface area contributed by atoms with Gasteiger partial charge < -0.3 is 9.64 Å². The Kier molecular flexibility index (Phi) is 4.62. The number of carbonyl (C=O) groups excluding carboxylic acids is 1. The molecule has 5 heteroatoms. The number of halogens is 2. The van der Waals surface area contributed by atoms with Gasteiger partial charge in [-0.25, -0.2) is 0 Å². The molecule has 1 aliphatic rings. The van der Waals surface area contributed by atoms with Gasteiger partial charge in [0.15, 0.2) is 0 Å². The number of amides is 1. The standard InChI is InChI=1S/C15H19Cl2NO2/c1-15(2,3)14(19)18-4-5-20-13(9-18)10-6-11(16)8-12(17)7-10/h6-8,13H,4-5,9H2,1-3H3. The highest BCUT2D eigenvalue weighted by Crippen LogP contribution is 2.29. The second-order valence-corrected chi connectivity index (χ2v) is 6.94. The first-order valence-corrected chi connectivity index (χ1v) is 7.40. The number of ether oxygens (including phenoxy) is 1. The van der Waals surface area contributed by atoms with Crippen LogP contribution in [0.15, 0.2) is 18.2 Å². The Morgan fingerprint density at radius 3 is 2.40 bits per heavy atom. The van der Waals surface area contributed by atoms with Gasteiger partial charge in [-0.15, -0.1) is 0 Å². The fraction of sp³-hybridized carbons (Fsp3) is 0.533. The SMILES string of the molecule is CC(C)(C)C(=O)N1CCOC(c2cc(Cl)cc(Cl)c2)C1. The lowest BCUT2D eigenvalue weighted by Crippen LogP contribution is -2.46. The summed E-state index contributed by atoms with van der Waals surface area (Å²) in [6.07, 6.45) is -0.175. The van der Waals surface area contributed by atoms with E-state index in [1.807, 2.05) is 37.8 Å². The molecule has 20 heavy (non-hydrogen) atoms. The Bertz CT molecular complexity index is 491. The minimum absolute atomic E-state index is 0.138. The Morgan fingerprint density at radius 1 is 1.25 bits per heavy atom. The largest absolute Gasteiger partial charge is 0.370 e. The van der Waals surface area contributed by atoms with Crippen molar-refractivity contribution in [3.63, 3.8) is 0 Å². The van der Waals surface area contributed by atoms with Crippen LogP contribution in [0.1, 0.15) is 32.4 Å². The van der Waals surface area contributed by atoms with Crippen LogP contribution in [0.25, 0.3) is 0 Å². The third kappa shape index (κ3) is 3.66. The van der Waals surface area contributed by atoms with Gasteiger partial charge in [0.2, 0.25) is 5.91 Å². The summed E-state index contributed by atoms with van der Waals surface area (Å²) in [7, 11) is 0. The predicted molar refractivity (Wildman–Crippen MR) is 81.2 cm³/mol. The molecule has 0 aliphatic carbocycles. The van der Waals surface area contributed by atoms with E-state index in [2.05, 4.69) is 0 Å². The number of hydrogen-bond acceptors (Lipinski definition) is 2. The maximum Gasteiger partial charge on any atom is 0.228 e. The number of nitrogens with zero attached hydrogens (tertiary/aromatic N) is 1. The van der Waals surface area contributed by atoms with Gasteiger partial charge in [-0.1, -0.05) is 44.0 Å². The van der Waals surface area contributed by atoms with Crippen LogP contribution in [0, 0.1) is 5.41 Å². The Labute approximate surface area is 129 Å². The number of carbonyl (C=O) groups is 1. The number of hydrogen-bond donors (Lipinski definition) is 0. The third-order valence-corrected chi connectivity index (χ3v) is 3.69. The van der Waals surface area contributed by atoms with E-state index in [4.69, 9.17) is 27.9 Å². The van der Waals surface area contributed by atoms with Crippen LogP contribution in [-0.2, 0) is 9.53 Å². The van der Waals surface area contributed by atoms with E-state index < -0.39 is 0 Å². The number of benzene rings is 1. The van der Waals surface area contributed by atoms with Crippen molar-refractivity contribution in [3.8, 4) is 0 Å². The molecule has 1 aliphatic heterocycles. The quantitative estimate of drug-likeness (QED) is 0.785. The molecular weight excluding hydrogens is 297 g/mol. The minimum Gasteiger partial charge on any atom is -0.370 e. The van der Waals surface area contributed by atoms with E-state index in [9.17, 15) is 4.79 Å². The van der Waals surface area contributed by atoms with Gasteiger partial charge in [-0.05, 0) is 23.8 Å². The van der Waals surface area contributed by atoms with Crippen LogP contribution >= 0.6 is 23.2 Å². The van der Waals surface area contributed by atoms with E-state index in [0.29, 0.717) is 29.7 Å². The molecule has 1 unspecified atom stereocenters. The maximum atomic E-state index is 12.3. The Morgan fingerprint density at radius 2 is 1.85 bits per heavy atom. The van der Waals surface area contributed by atoms with E-state index in [0.717, 1.165) is 5.56 Å². The molecule has 1 aromatic carbocycles. The molecule has 1 aromatic rings. The molecule has 1 heterocycles. The van der Waals surface area contributed by atoms with Crippen molar-refractivity contribution in [2.45, 2.75) is 26.9 Å². The van der Waals surface area contributed by atoms with Crippen molar-refractivity contribution < 1.29 is 9.53 Å². The first-order chi connectivity index (χ1) is 9.27. The zero-order valence-corrected chi connectivity index (χ0v) is 13.5.